The molecule has 2 aromatic rings. The molecule has 0 aliphatic heterocycles. The fraction of sp³-hybridized carbons (Fsp3) is 0.565. The van der Waals surface area contributed by atoms with E-state index in [2.05, 4.69) is 43.3 Å². The maximum atomic E-state index is 5.60. The summed E-state index contributed by atoms with van der Waals surface area (Å²) in [5.74, 6) is 1.05. The lowest BCUT2D eigenvalue weighted by Gasteiger charge is -2.12. The summed E-state index contributed by atoms with van der Waals surface area (Å²) in [5, 5.41) is 2.67. The van der Waals surface area contributed by atoms with E-state index in [0.717, 1.165) is 12.2 Å². The maximum Gasteiger partial charge on any atom is 0.122 e. The number of rotatable bonds is 12. The van der Waals surface area contributed by atoms with Gasteiger partial charge in [0.2, 0.25) is 0 Å². The van der Waals surface area contributed by atoms with Crippen LogP contribution in [0.5, 0.6) is 5.75 Å². The molecule has 2 rings (SSSR count). The van der Waals surface area contributed by atoms with E-state index < -0.39 is 0 Å². The summed E-state index contributed by atoms with van der Waals surface area (Å²) in [4.78, 5) is 0. The molecule has 0 atom stereocenters. The van der Waals surface area contributed by atoms with Gasteiger partial charge in [-0.25, -0.2) is 0 Å². The van der Waals surface area contributed by atoms with Gasteiger partial charge in [-0.3, -0.25) is 0 Å². The zero-order chi connectivity index (χ0) is 17.0. The fourth-order valence-electron chi connectivity index (χ4n) is 3.55. The van der Waals surface area contributed by atoms with Crippen LogP contribution in [0.3, 0.4) is 0 Å². The summed E-state index contributed by atoms with van der Waals surface area (Å²) < 4.78 is 5.60. The van der Waals surface area contributed by atoms with Crippen molar-refractivity contribution in [3.8, 4) is 5.75 Å². The number of aryl methyl sites for hydroxylation is 1. The first kappa shape index (κ1) is 18.8. The Hall–Kier alpha value is -1.50. The number of unbranched alkanes of at least 4 members (excludes halogenated alkanes) is 9. The predicted octanol–water partition coefficient (Wildman–Crippen LogP) is 7.31. The summed E-state index contributed by atoms with van der Waals surface area (Å²) >= 11 is 0. The maximum absolute atomic E-state index is 5.60. The normalized spacial score (nSPS) is 11.1. The molecule has 0 aromatic heterocycles. The minimum atomic E-state index is 1.05. The van der Waals surface area contributed by atoms with Gasteiger partial charge in [-0.2, -0.15) is 0 Å². The zero-order valence-corrected chi connectivity index (χ0v) is 15.7. The van der Waals surface area contributed by atoms with Crippen molar-refractivity contribution in [1.82, 2.24) is 0 Å². The van der Waals surface area contributed by atoms with E-state index in [1.165, 1.54) is 80.5 Å². The number of fused-ring (bicyclic) bond motifs is 1. The lowest BCUT2D eigenvalue weighted by molar-refractivity contribution is 0.409. The van der Waals surface area contributed by atoms with E-state index in [0.29, 0.717) is 0 Å². The van der Waals surface area contributed by atoms with Gasteiger partial charge in [-0.1, -0.05) is 95.0 Å². The van der Waals surface area contributed by atoms with Crippen LogP contribution in [0.15, 0.2) is 36.4 Å². The molecule has 0 saturated heterocycles. The Balaban J connectivity index is 1.72. The highest BCUT2D eigenvalue weighted by Crippen LogP contribution is 2.29. The van der Waals surface area contributed by atoms with Crippen molar-refractivity contribution in [2.75, 3.05) is 7.11 Å². The Morgan fingerprint density at radius 3 is 2.00 bits per heavy atom. The van der Waals surface area contributed by atoms with Gasteiger partial charge in [0.1, 0.15) is 5.75 Å². The Kier molecular flexibility index (Phi) is 8.73. The first-order valence-corrected chi connectivity index (χ1v) is 9.91. The van der Waals surface area contributed by atoms with Crippen LogP contribution in [-0.2, 0) is 6.42 Å². The number of hydrogen-bond acceptors (Lipinski definition) is 1. The first-order valence-electron chi connectivity index (χ1n) is 9.91. The molecular weight excluding hydrogens is 292 g/mol. The highest BCUT2D eigenvalue weighted by atomic mass is 16.5. The molecule has 0 spiro atoms. The van der Waals surface area contributed by atoms with Crippen LogP contribution in [0.25, 0.3) is 10.8 Å². The third-order valence-electron chi connectivity index (χ3n) is 5.00. The molecule has 0 aliphatic carbocycles. The number of methoxy groups -OCH3 is 1. The Bertz CT molecular complexity index is 588. The summed E-state index contributed by atoms with van der Waals surface area (Å²) in [5.41, 5.74) is 1.38. The lowest BCUT2D eigenvalue weighted by atomic mass is 9.98. The van der Waals surface area contributed by atoms with Gasteiger partial charge in [0.05, 0.1) is 7.11 Å². The lowest BCUT2D eigenvalue weighted by Crippen LogP contribution is -1.94. The summed E-state index contributed by atoms with van der Waals surface area (Å²) in [6.45, 7) is 2.28. The molecule has 0 heterocycles. The SMILES string of the molecule is CCCCCCCCCCCCc1c(OC)ccc2ccccc12. The van der Waals surface area contributed by atoms with E-state index in [1.807, 2.05) is 0 Å². The van der Waals surface area contributed by atoms with Crippen LogP contribution in [-0.4, -0.2) is 7.11 Å². The summed E-state index contributed by atoms with van der Waals surface area (Å²) in [6, 6.07) is 12.9. The standard InChI is InChI=1S/C23H34O/c1-3-4-5-6-7-8-9-10-11-12-17-22-21-16-14-13-15-20(21)18-19-23(22)24-2/h13-16,18-19H,3-12,17H2,1-2H3. The van der Waals surface area contributed by atoms with E-state index >= 15 is 0 Å². The van der Waals surface area contributed by atoms with Gasteiger partial charge in [-0.15, -0.1) is 0 Å². The summed E-state index contributed by atoms with van der Waals surface area (Å²) in [7, 11) is 1.78. The third-order valence-corrected chi connectivity index (χ3v) is 5.00. The van der Waals surface area contributed by atoms with Crippen LogP contribution in [0.4, 0.5) is 0 Å². The monoisotopic (exact) mass is 326 g/mol. The van der Waals surface area contributed by atoms with Crippen LogP contribution in [0.1, 0.15) is 76.7 Å². The molecule has 1 nitrogen and oxygen atoms in total. The average Bonchev–Trinajstić information content (AvgIpc) is 2.63. The van der Waals surface area contributed by atoms with Crippen LogP contribution in [0.2, 0.25) is 0 Å². The van der Waals surface area contributed by atoms with Gasteiger partial charge in [0.25, 0.3) is 0 Å². The first-order chi connectivity index (χ1) is 11.9. The van der Waals surface area contributed by atoms with Crippen molar-refractivity contribution < 1.29 is 4.74 Å². The topological polar surface area (TPSA) is 9.23 Å². The molecule has 132 valence electrons. The largest absolute Gasteiger partial charge is 0.496 e. The van der Waals surface area contributed by atoms with Crippen molar-refractivity contribution in [3.05, 3.63) is 42.0 Å². The number of ether oxygens (including phenoxy) is 1. The molecule has 0 amide bonds. The Labute approximate surface area is 148 Å². The van der Waals surface area contributed by atoms with E-state index in [4.69, 9.17) is 4.74 Å². The molecule has 2 aromatic carbocycles. The summed E-state index contributed by atoms with van der Waals surface area (Å²) in [6.07, 6.45) is 15.0. The minimum absolute atomic E-state index is 1.05. The fourth-order valence-corrected chi connectivity index (χ4v) is 3.55. The molecular formula is C23H34O. The smallest absolute Gasteiger partial charge is 0.122 e. The van der Waals surface area contributed by atoms with Crippen LogP contribution in [0, 0.1) is 0 Å². The van der Waals surface area contributed by atoms with Crippen molar-refractivity contribution >= 4 is 10.8 Å². The Morgan fingerprint density at radius 1 is 0.708 bits per heavy atom. The minimum Gasteiger partial charge on any atom is -0.496 e. The quantitative estimate of drug-likeness (QED) is 0.371. The molecule has 0 N–H and O–H groups in total. The van der Waals surface area contributed by atoms with Gasteiger partial charge in [-0.05, 0) is 29.7 Å². The molecule has 1 heteroatoms. The van der Waals surface area contributed by atoms with Gasteiger partial charge in [0, 0.05) is 5.56 Å². The Morgan fingerprint density at radius 2 is 1.33 bits per heavy atom. The van der Waals surface area contributed by atoms with Crippen molar-refractivity contribution in [2.24, 2.45) is 0 Å². The van der Waals surface area contributed by atoms with Crippen molar-refractivity contribution in [3.63, 3.8) is 0 Å². The molecule has 0 aliphatic rings. The molecule has 0 fully saturated rings. The molecule has 0 unspecified atom stereocenters. The van der Waals surface area contributed by atoms with Gasteiger partial charge >= 0.3 is 0 Å². The average molecular weight is 327 g/mol. The number of hydrogen-bond donors (Lipinski definition) is 0. The second-order valence-corrected chi connectivity index (χ2v) is 6.90. The van der Waals surface area contributed by atoms with E-state index in [1.54, 1.807) is 7.11 Å². The van der Waals surface area contributed by atoms with E-state index in [9.17, 15) is 0 Å². The molecule has 0 radical (unpaired) electrons. The predicted molar refractivity (Wildman–Crippen MR) is 106 cm³/mol. The van der Waals surface area contributed by atoms with Gasteiger partial charge < -0.3 is 4.74 Å². The van der Waals surface area contributed by atoms with Crippen LogP contribution >= 0.6 is 0 Å². The molecule has 0 saturated carbocycles. The third kappa shape index (κ3) is 5.85. The van der Waals surface area contributed by atoms with Crippen LogP contribution < -0.4 is 4.74 Å². The highest BCUT2D eigenvalue weighted by molar-refractivity contribution is 5.87. The molecule has 24 heavy (non-hydrogen) atoms. The van der Waals surface area contributed by atoms with Gasteiger partial charge in [0.15, 0.2) is 0 Å². The second kappa shape index (κ2) is 11.1. The zero-order valence-electron chi connectivity index (χ0n) is 15.7. The van der Waals surface area contributed by atoms with Crippen molar-refractivity contribution in [2.45, 2.75) is 77.6 Å². The molecule has 0 bridgehead atoms. The highest BCUT2D eigenvalue weighted by Gasteiger charge is 2.07. The number of benzene rings is 2. The second-order valence-electron chi connectivity index (χ2n) is 6.90. The van der Waals surface area contributed by atoms with E-state index in [-0.39, 0.29) is 0 Å². The van der Waals surface area contributed by atoms with Crippen molar-refractivity contribution in [1.29, 1.82) is 0 Å².